The molecule has 0 bridgehead atoms. The van der Waals surface area contributed by atoms with Crippen LogP contribution in [-0.4, -0.2) is 23.7 Å². The van der Waals surface area contributed by atoms with E-state index in [2.05, 4.69) is 15.8 Å². The lowest BCUT2D eigenvalue weighted by Gasteiger charge is -2.21. The molecule has 94 valence electrons. The number of amidine groups is 1. The number of primary amides is 1. The minimum absolute atomic E-state index is 0.0944. The normalized spacial score (nSPS) is 18.6. The van der Waals surface area contributed by atoms with Crippen molar-refractivity contribution in [3.05, 3.63) is 35.4 Å². The van der Waals surface area contributed by atoms with Crippen LogP contribution >= 0.6 is 0 Å². The molecule has 0 spiro atoms. The molecular weight excluding hydrogens is 232 g/mol. The van der Waals surface area contributed by atoms with Crippen molar-refractivity contribution in [2.24, 2.45) is 10.7 Å². The number of rotatable bonds is 3. The van der Waals surface area contributed by atoms with E-state index in [1.807, 2.05) is 31.2 Å². The molecule has 6 heteroatoms. The molecule has 1 atom stereocenters. The third kappa shape index (κ3) is 2.65. The SMILES string of the molecule is Cc1ccc(C2=NC(CC(N)=O)C(=O)NN2)cc1. The summed E-state index contributed by atoms with van der Waals surface area (Å²) in [6.45, 7) is 1.98. The van der Waals surface area contributed by atoms with E-state index in [0.717, 1.165) is 11.1 Å². The zero-order chi connectivity index (χ0) is 13.1. The van der Waals surface area contributed by atoms with Gasteiger partial charge in [-0.05, 0) is 6.92 Å². The minimum atomic E-state index is -0.764. The molecule has 2 rings (SSSR count). The van der Waals surface area contributed by atoms with Crippen LogP contribution < -0.4 is 16.6 Å². The maximum Gasteiger partial charge on any atom is 0.263 e. The predicted molar refractivity (Wildman–Crippen MR) is 66.6 cm³/mol. The average molecular weight is 246 g/mol. The number of hydrogen-bond donors (Lipinski definition) is 3. The molecule has 2 amide bonds. The van der Waals surface area contributed by atoms with Gasteiger partial charge in [-0.3, -0.25) is 25.4 Å². The first-order chi connectivity index (χ1) is 8.56. The molecular formula is C12H14N4O2. The first-order valence-corrected chi connectivity index (χ1v) is 5.55. The molecule has 1 aliphatic rings. The fourth-order valence-corrected chi connectivity index (χ4v) is 1.64. The molecule has 0 aromatic heterocycles. The van der Waals surface area contributed by atoms with Crippen LogP contribution in [0.25, 0.3) is 0 Å². The van der Waals surface area contributed by atoms with Crippen LogP contribution in [0, 0.1) is 6.92 Å². The number of hydrogen-bond acceptors (Lipinski definition) is 4. The summed E-state index contributed by atoms with van der Waals surface area (Å²) in [6.07, 6.45) is -0.0944. The predicted octanol–water partition coefficient (Wildman–Crippen LogP) is -0.380. The number of nitrogens with one attached hydrogen (secondary N) is 2. The second-order valence-corrected chi connectivity index (χ2v) is 4.14. The van der Waals surface area contributed by atoms with E-state index in [1.54, 1.807) is 0 Å². The number of benzene rings is 1. The van der Waals surface area contributed by atoms with Gasteiger partial charge >= 0.3 is 0 Å². The molecule has 0 fully saturated rings. The topological polar surface area (TPSA) is 96.6 Å². The average Bonchev–Trinajstić information content (AvgIpc) is 2.32. The Balaban J connectivity index is 2.25. The van der Waals surface area contributed by atoms with Crippen LogP contribution in [0.4, 0.5) is 0 Å². The number of carbonyl (C=O) groups excluding carboxylic acids is 2. The molecule has 18 heavy (non-hydrogen) atoms. The molecule has 1 unspecified atom stereocenters. The molecule has 1 aromatic carbocycles. The molecule has 0 radical (unpaired) electrons. The smallest absolute Gasteiger partial charge is 0.263 e. The summed E-state index contributed by atoms with van der Waals surface area (Å²) in [5.74, 6) is -0.380. The van der Waals surface area contributed by atoms with Crippen molar-refractivity contribution in [2.45, 2.75) is 19.4 Å². The van der Waals surface area contributed by atoms with Gasteiger partial charge in [-0.15, -0.1) is 0 Å². The van der Waals surface area contributed by atoms with Crippen molar-refractivity contribution >= 4 is 17.6 Å². The van der Waals surface area contributed by atoms with E-state index in [1.165, 1.54) is 0 Å². The van der Waals surface area contributed by atoms with Crippen molar-refractivity contribution in [3.63, 3.8) is 0 Å². The Kier molecular flexibility index (Phi) is 3.27. The summed E-state index contributed by atoms with van der Waals surface area (Å²) >= 11 is 0. The Hall–Kier alpha value is -2.37. The zero-order valence-electron chi connectivity index (χ0n) is 9.93. The number of hydrazine groups is 1. The van der Waals surface area contributed by atoms with Crippen LogP contribution in [0.2, 0.25) is 0 Å². The second kappa shape index (κ2) is 4.87. The number of nitrogens with zero attached hydrogens (tertiary/aromatic N) is 1. The number of aliphatic imine (C=N–C) groups is 1. The molecule has 1 heterocycles. The van der Waals surface area contributed by atoms with Gasteiger partial charge in [-0.2, -0.15) is 0 Å². The quantitative estimate of drug-likeness (QED) is 0.678. The molecule has 1 aliphatic heterocycles. The largest absolute Gasteiger partial charge is 0.370 e. The van der Waals surface area contributed by atoms with Gasteiger partial charge in [0.15, 0.2) is 0 Å². The number of amides is 2. The van der Waals surface area contributed by atoms with E-state index < -0.39 is 11.9 Å². The lowest BCUT2D eigenvalue weighted by Crippen LogP contribution is -2.52. The van der Waals surface area contributed by atoms with E-state index in [9.17, 15) is 9.59 Å². The third-order valence-corrected chi connectivity index (χ3v) is 2.61. The van der Waals surface area contributed by atoms with Gasteiger partial charge in [0.05, 0.1) is 6.42 Å². The highest BCUT2D eigenvalue weighted by molar-refractivity contribution is 6.04. The summed E-state index contributed by atoms with van der Waals surface area (Å²) in [4.78, 5) is 26.5. The lowest BCUT2D eigenvalue weighted by atomic mass is 10.1. The van der Waals surface area contributed by atoms with Crippen molar-refractivity contribution in [2.75, 3.05) is 0 Å². The lowest BCUT2D eigenvalue weighted by molar-refractivity contribution is -0.127. The third-order valence-electron chi connectivity index (χ3n) is 2.61. The van der Waals surface area contributed by atoms with Gasteiger partial charge in [0, 0.05) is 5.56 Å². The van der Waals surface area contributed by atoms with Gasteiger partial charge in [-0.1, -0.05) is 29.8 Å². The molecule has 1 aromatic rings. The van der Waals surface area contributed by atoms with E-state index in [-0.39, 0.29) is 12.3 Å². The Labute approximate surface area is 104 Å². The zero-order valence-corrected chi connectivity index (χ0v) is 9.93. The Bertz CT molecular complexity index is 507. The monoisotopic (exact) mass is 246 g/mol. The highest BCUT2D eigenvalue weighted by Crippen LogP contribution is 2.08. The van der Waals surface area contributed by atoms with Gasteiger partial charge in [0.1, 0.15) is 11.9 Å². The summed E-state index contributed by atoms with van der Waals surface area (Å²) in [7, 11) is 0. The summed E-state index contributed by atoms with van der Waals surface area (Å²) in [5, 5.41) is 0. The summed E-state index contributed by atoms with van der Waals surface area (Å²) in [6, 6.07) is 6.90. The van der Waals surface area contributed by atoms with Gasteiger partial charge in [0.2, 0.25) is 5.91 Å². The number of nitrogens with two attached hydrogens (primary N) is 1. The number of carbonyl (C=O) groups is 2. The second-order valence-electron chi connectivity index (χ2n) is 4.14. The first kappa shape index (κ1) is 12.1. The van der Waals surface area contributed by atoms with Crippen molar-refractivity contribution in [3.8, 4) is 0 Å². The van der Waals surface area contributed by atoms with Gasteiger partial charge < -0.3 is 5.73 Å². The summed E-state index contributed by atoms with van der Waals surface area (Å²) in [5.41, 5.74) is 12.2. The fourth-order valence-electron chi connectivity index (χ4n) is 1.64. The minimum Gasteiger partial charge on any atom is -0.370 e. The van der Waals surface area contributed by atoms with Crippen LogP contribution in [-0.2, 0) is 9.59 Å². The highest BCUT2D eigenvalue weighted by Gasteiger charge is 2.25. The van der Waals surface area contributed by atoms with Crippen LogP contribution in [0.1, 0.15) is 17.5 Å². The van der Waals surface area contributed by atoms with Gasteiger partial charge in [0.25, 0.3) is 5.91 Å². The van der Waals surface area contributed by atoms with E-state index >= 15 is 0 Å². The number of aryl methyl sites for hydroxylation is 1. The molecule has 4 N–H and O–H groups in total. The Morgan fingerprint density at radius 3 is 2.61 bits per heavy atom. The van der Waals surface area contributed by atoms with Crippen LogP contribution in [0.5, 0.6) is 0 Å². The molecule has 6 nitrogen and oxygen atoms in total. The first-order valence-electron chi connectivity index (χ1n) is 5.55. The van der Waals surface area contributed by atoms with Crippen molar-refractivity contribution in [1.29, 1.82) is 0 Å². The fraction of sp³-hybridized carbons (Fsp3) is 0.250. The maximum absolute atomic E-state index is 11.5. The molecule has 0 saturated carbocycles. The van der Waals surface area contributed by atoms with E-state index in [0.29, 0.717) is 5.84 Å². The molecule has 0 aliphatic carbocycles. The van der Waals surface area contributed by atoms with Crippen LogP contribution in [0.15, 0.2) is 29.3 Å². The van der Waals surface area contributed by atoms with Crippen molar-refractivity contribution < 1.29 is 9.59 Å². The Morgan fingerprint density at radius 2 is 2.00 bits per heavy atom. The van der Waals surface area contributed by atoms with E-state index in [4.69, 9.17) is 5.73 Å². The Morgan fingerprint density at radius 1 is 1.33 bits per heavy atom. The summed E-state index contributed by atoms with van der Waals surface area (Å²) < 4.78 is 0. The molecule has 0 saturated heterocycles. The van der Waals surface area contributed by atoms with Crippen molar-refractivity contribution in [1.82, 2.24) is 10.9 Å². The van der Waals surface area contributed by atoms with Gasteiger partial charge in [-0.25, -0.2) is 0 Å². The maximum atomic E-state index is 11.5. The highest BCUT2D eigenvalue weighted by atomic mass is 16.2. The standard InChI is InChI=1S/C12H14N4O2/c1-7-2-4-8(5-3-7)11-14-9(6-10(13)17)12(18)16-15-11/h2-5,9H,6H2,1H3,(H2,13,17)(H,14,15)(H,16,18). The van der Waals surface area contributed by atoms with Crippen LogP contribution in [0.3, 0.4) is 0 Å².